The summed E-state index contributed by atoms with van der Waals surface area (Å²) in [7, 11) is 0. The first-order valence-electron chi connectivity index (χ1n) is 8.65. The molecule has 0 bridgehead atoms. The molecule has 1 aliphatic rings. The van der Waals surface area contributed by atoms with Crippen molar-refractivity contribution in [2.75, 3.05) is 6.54 Å². The van der Waals surface area contributed by atoms with E-state index >= 15 is 0 Å². The first-order valence-corrected chi connectivity index (χ1v) is 8.65. The normalized spacial score (nSPS) is 13.9. The van der Waals surface area contributed by atoms with E-state index in [-0.39, 0.29) is 23.2 Å². The molecule has 0 saturated carbocycles. The Balaban J connectivity index is 1.64. The molecule has 0 saturated heterocycles. The third-order valence-corrected chi connectivity index (χ3v) is 4.56. The second kappa shape index (κ2) is 6.33. The number of hydrogen-bond acceptors (Lipinski definition) is 5. The Morgan fingerprint density at radius 3 is 2.88 bits per heavy atom. The zero-order chi connectivity index (χ0) is 18.3. The summed E-state index contributed by atoms with van der Waals surface area (Å²) < 4.78 is 1.34. The standard InChI is InChI=1S/C19H19N5O2/c1-12(2)24-17(25)6-5-16(22-24)19(26)23-9-7-15-14(11-23)10-13-4-3-8-20-18(13)21-15/h3-6,8,10,12H,7,9,11H2,1-2H3. The third-order valence-electron chi connectivity index (χ3n) is 4.56. The van der Waals surface area contributed by atoms with Crippen molar-refractivity contribution < 1.29 is 4.79 Å². The predicted octanol–water partition coefficient (Wildman–Crippen LogP) is 1.97. The Labute approximate surface area is 150 Å². The minimum Gasteiger partial charge on any atom is -0.332 e. The highest BCUT2D eigenvalue weighted by Gasteiger charge is 2.24. The highest BCUT2D eigenvalue weighted by molar-refractivity contribution is 5.92. The van der Waals surface area contributed by atoms with Gasteiger partial charge in [0.05, 0.1) is 6.04 Å². The van der Waals surface area contributed by atoms with Crippen LogP contribution in [0.2, 0.25) is 0 Å². The maximum Gasteiger partial charge on any atom is 0.274 e. The zero-order valence-corrected chi connectivity index (χ0v) is 14.7. The van der Waals surface area contributed by atoms with Crippen LogP contribution < -0.4 is 5.56 Å². The van der Waals surface area contributed by atoms with Crippen LogP contribution in [0.5, 0.6) is 0 Å². The predicted molar refractivity (Wildman–Crippen MR) is 96.9 cm³/mol. The van der Waals surface area contributed by atoms with Crippen LogP contribution >= 0.6 is 0 Å². The number of amides is 1. The summed E-state index contributed by atoms with van der Waals surface area (Å²) in [5, 5.41) is 5.20. The van der Waals surface area contributed by atoms with Gasteiger partial charge in [-0.2, -0.15) is 5.10 Å². The summed E-state index contributed by atoms with van der Waals surface area (Å²) in [6, 6.07) is 8.70. The molecule has 0 fully saturated rings. The Bertz CT molecular complexity index is 1060. The quantitative estimate of drug-likeness (QED) is 0.706. The molecule has 3 aromatic heterocycles. The van der Waals surface area contributed by atoms with Gasteiger partial charge in [-0.15, -0.1) is 0 Å². The summed E-state index contributed by atoms with van der Waals surface area (Å²) in [6.07, 6.45) is 2.41. The van der Waals surface area contributed by atoms with Gasteiger partial charge in [0.15, 0.2) is 5.65 Å². The van der Waals surface area contributed by atoms with Crippen LogP contribution in [0.25, 0.3) is 11.0 Å². The second-order valence-corrected chi connectivity index (χ2v) is 6.72. The van der Waals surface area contributed by atoms with Crippen LogP contribution in [0.1, 0.15) is 41.6 Å². The lowest BCUT2D eigenvalue weighted by Gasteiger charge is -2.28. The number of aromatic nitrogens is 4. The van der Waals surface area contributed by atoms with Gasteiger partial charge in [-0.05, 0) is 43.7 Å². The molecule has 0 atom stereocenters. The average molecular weight is 349 g/mol. The smallest absolute Gasteiger partial charge is 0.274 e. The van der Waals surface area contributed by atoms with Crippen molar-refractivity contribution in [1.82, 2.24) is 24.6 Å². The van der Waals surface area contributed by atoms with Gasteiger partial charge in [-0.3, -0.25) is 9.59 Å². The molecule has 0 spiro atoms. The molecule has 0 radical (unpaired) electrons. The van der Waals surface area contributed by atoms with Gasteiger partial charge in [0, 0.05) is 42.9 Å². The molecular weight excluding hydrogens is 330 g/mol. The van der Waals surface area contributed by atoms with E-state index in [0.29, 0.717) is 19.5 Å². The minimum atomic E-state index is -0.205. The van der Waals surface area contributed by atoms with Gasteiger partial charge in [0.2, 0.25) is 0 Å². The van der Waals surface area contributed by atoms with Crippen LogP contribution in [-0.2, 0) is 13.0 Å². The topological polar surface area (TPSA) is 81.0 Å². The van der Waals surface area contributed by atoms with E-state index < -0.39 is 0 Å². The van der Waals surface area contributed by atoms with Crippen molar-refractivity contribution in [3.63, 3.8) is 0 Å². The molecule has 0 aromatic carbocycles. The summed E-state index contributed by atoms with van der Waals surface area (Å²) in [4.78, 5) is 35.4. The van der Waals surface area contributed by atoms with Crippen molar-refractivity contribution in [1.29, 1.82) is 0 Å². The lowest BCUT2D eigenvalue weighted by atomic mass is 10.0. The van der Waals surface area contributed by atoms with Gasteiger partial charge >= 0.3 is 0 Å². The molecular formula is C19H19N5O2. The summed E-state index contributed by atoms with van der Waals surface area (Å²) in [5.74, 6) is -0.170. The Morgan fingerprint density at radius 2 is 2.08 bits per heavy atom. The molecule has 7 heteroatoms. The van der Waals surface area contributed by atoms with E-state index in [1.54, 1.807) is 11.1 Å². The zero-order valence-electron chi connectivity index (χ0n) is 14.7. The molecule has 4 heterocycles. The SMILES string of the molecule is CC(C)n1nc(C(=O)N2CCc3nc4ncccc4cc3C2)ccc1=O. The summed E-state index contributed by atoms with van der Waals surface area (Å²) in [5.41, 5.74) is 2.83. The first kappa shape index (κ1) is 16.4. The number of nitrogens with zero attached hydrogens (tertiary/aromatic N) is 5. The number of carbonyl (C=O) groups is 1. The molecule has 1 aliphatic heterocycles. The van der Waals surface area contributed by atoms with E-state index in [4.69, 9.17) is 0 Å². The number of fused-ring (bicyclic) bond motifs is 2. The number of hydrogen-bond donors (Lipinski definition) is 0. The molecule has 26 heavy (non-hydrogen) atoms. The molecule has 0 aliphatic carbocycles. The van der Waals surface area contributed by atoms with Crippen molar-refractivity contribution in [2.45, 2.75) is 32.9 Å². The van der Waals surface area contributed by atoms with E-state index in [0.717, 1.165) is 22.3 Å². The Hall–Kier alpha value is -3.09. The molecule has 132 valence electrons. The van der Waals surface area contributed by atoms with Crippen molar-refractivity contribution >= 4 is 16.9 Å². The number of pyridine rings is 2. The molecule has 0 unspecified atom stereocenters. The number of rotatable bonds is 2. The average Bonchev–Trinajstić information content (AvgIpc) is 2.65. The van der Waals surface area contributed by atoms with Crippen molar-refractivity contribution in [2.24, 2.45) is 0 Å². The van der Waals surface area contributed by atoms with Crippen LogP contribution in [0.4, 0.5) is 0 Å². The lowest BCUT2D eigenvalue weighted by molar-refractivity contribution is 0.0724. The molecule has 0 N–H and O–H groups in total. The van der Waals surface area contributed by atoms with Crippen LogP contribution in [0.3, 0.4) is 0 Å². The van der Waals surface area contributed by atoms with E-state index in [9.17, 15) is 9.59 Å². The fraction of sp³-hybridized carbons (Fsp3) is 0.316. The first-order chi connectivity index (χ1) is 12.5. The Kier molecular flexibility index (Phi) is 3.99. The van der Waals surface area contributed by atoms with Gasteiger partial charge in [0.1, 0.15) is 5.69 Å². The van der Waals surface area contributed by atoms with E-state index in [1.807, 2.05) is 32.0 Å². The molecule has 7 nitrogen and oxygen atoms in total. The maximum absolute atomic E-state index is 12.9. The Morgan fingerprint density at radius 1 is 1.23 bits per heavy atom. The molecule has 4 rings (SSSR count). The number of carbonyl (C=O) groups excluding carboxylic acids is 1. The van der Waals surface area contributed by atoms with Crippen molar-refractivity contribution in [3.8, 4) is 0 Å². The highest BCUT2D eigenvalue weighted by Crippen LogP contribution is 2.22. The van der Waals surface area contributed by atoms with Crippen LogP contribution in [0, 0.1) is 0 Å². The van der Waals surface area contributed by atoms with E-state index in [2.05, 4.69) is 15.1 Å². The maximum atomic E-state index is 12.9. The largest absolute Gasteiger partial charge is 0.332 e. The fourth-order valence-electron chi connectivity index (χ4n) is 3.21. The third kappa shape index (κ3) is 2.85. The van der Waals surface area contributed by atoms with Gasteiger partial charge in [0.25, 0.3) is 11.5 Å². The molecule has 3 aromatic rings. The van der Waals surface area contributed by atoms with Gasteiger partial charge in [-0.1, -0.05) is 0 Å². The van der Waals surface area contributed by atoms with Crippen LogP contribution in [-0.4, -0.2) is 37.1 Å². The minimum absolute atomic E-state index is 0.0969. The lowest BCUT2D eigenvalue weighted by Crippen LogP contribution is -2.38. The van der Waals surface area contributed by atoms with E-state index in [1.165, 1.54) is 16.8 Å². The summed E-state index contributed by atoms with van der Waals surface area (Å²) in [6.45, 7) is 4.78. The van der Waals surface area contributed by atoms with Gasteiger partial charge < -0.3 is 4.90 Å². The summed E-state index contributed by atoms with van der Waals surface area (Å²) >= 11 is 0. The monoisotopic (exact) mass is 349 g/mol. The fourth-order valence-corrected chi connectivity index (χ4v) is 3.21. The van der Waals surface area contributed by atoms with Gasteiger partial charge in [-0.25, -0.2) is 14.6 Å². The molecule has 1 amide bonds. The second-order valence-electron chi connectivity index (χ2n) is 6.72. The van der Waals surface area contributed by atoms with Crippen molar-refractivity contribution in [3.05, 3.63) is 63.8 Å². The highest BCUT2D eigenvalue weighted by atomic mass is 16.2. The van der Waals surface area contributed by atoms with Crippen LogP contribution in [0.15, 0.2) is 41.3 Å².